The zero-order valence-corrected chi connectivity index (χ0v) is 5.63. The molecule has 1 aromatic rings. The lowest BCUT2D eigenvalue weighted by Gasteiger charge is -1.79. The van der Waals surface area contributed by atoms with Crippen molar-refractivity contribution in [2.45, 2.75) is 5.88 Å². The number of halogens is 1. The summed E-state index contributed by atoms with van der Waals surface area (Å²) in [6.07, 6.45) is 1.06. The first-order chi connectivity index (χ1) is 4.74. The molecule has 54 valence electrons. The lowest BCUT2D eigenvalue weighted by atomic mass is 10.5. The Morgan fingerprint density at radius 1 is 1.90 bits per heavy atom. The van der Waals surface area contributed by atoms with Gasteiger partial charge in [-0.05, 0) is 0 Å². The molecule has 0 atom stereocenters. The Balaban J connectivity index is 2.88. The standard InChI is InChI=1S/C5H4ClNO3/c6-1-4-7-3(2-10-4)5(8)9/h2H,1H2,(H,8,9). The molecule has 4 nitrogen and oxygen atoms in total. The fourth-order valence-electron chi connectivity index (χ4n) is 0.470. The number of hydrogen-bond acceptors (Lipinski definition) is 3. The van der Waals surface area contributed by atoms with Gasteiger partial charge < -0.3 is 9.52 Å². The molecule has 0 aliphatic carbocycles. The van der Waals surface area contributed by atoms with Crippen LogP contribution in [0.4, 0.5) is 0 Å². The lowest BCUT2D eigenvalue weighted by molar-refractivity contribution is 0.0690. The van der Waals surface area contributed by atoms with Gasteiger partial charge in [0.2, 0.25) is 5.89 Å². The van der Waals surface area contributed by atoms with Crippen molar-refractivity contribution in [1.82, 2.24) is 4.98 Å². The molecule has 0 fully saturated rings. The molecule has 0 saturated heterocycles. The molecule has 1 aromatic heterocycles. The Morgan fingerprint density at radius 2 is 2.60 bits per heavy atom. The second-order valence-electron chi connectivity index (χ2n) is 1.57. The van der Waals surface area contributed by atoms with Gasteiger partial charge >= 0.3 is 5.97 Å². The summed E-state index contributed by atoms with van der Waals surface area (Å²) in [4.78, 5) is 13.7. The second-order valence-corrected chi connectivity index (χ2v) is 1.83. The highest BCUT2D eigenvalue weighted by atomic mass is 35.5. The van der Waals surface area contributed by atoms with E-state index in [1.807, 2.05) is 0 Å². The number of alkyl halides is 1. The van der Waals surface area contributed by atoms with E-state index in [0.717, 1.165) is 6.26 Å². The number of aromatic carboxylic acids is 1. The first-order valence-corrected chi connectivity index (χ1v) is 3.01. The van der Waals surface area contributed by atoms with E-state index in [1.54, 1.807) is 0 Å². The van der Waals surface area contributed by atoms with Crippen LogP contribution in [0, 0.1) is 0 Å². The molecular formula is C5H4ClNO3. The van der Waals surface area contributed by atoms with Gasteiger partial charge in [0, 0.05) is 0 Å². The van der Waals surface area contributed by atoms with E-state index in [1.165, 1.54) is 0 Å². The SMILES string of the molecule is O=C(O)c1coc(CCl)n1. The largest absolute Gasteiger partial charge is 0.476 e. The maximum atomic E-state index is 10.2. The molecule has 0 radical (unpaired) electrons. The number of carboxylic acids is 1. The minimum absolute atomic E-state index is 0.0906. The molecule has 0 aromatic carbocycles. The Bertz CT molecular complexity index is 245. The van der Waals surface area contributed by atoms with E-state index in [-0.39, 0.29) is 17.5 Å². The fourth-order valence-corrected chi connectivity index (χ4v) is 0.593. The summed E-state index contributed by atoms with van der Waals surface area (Å²) in [5.74, 6) is -0.799. The summed E-state index contributed by atoms with van der Waals surface area (Å²) in [6.45, 7) is 0. The summed E-state index contributed by atoms with van der Waals surface area (Å²) in [6, 6.07) is 0. The highest BCUT2D eigenvalue weighted by Gasteiger charge is 2.08. The summed E-state index contributed by atoms with van der Waals surface area (Å²) in [7, 11) is 0. The lowest BCUT2D eigenvalue weighted by Crippen LogP contribution is -1.95. The summed E-state index contributed by atoms with van der Waals surface area (Å²) in [5, 5.41) is 8.33. The van der Waals surface area contributed by atoms with Gasteiger partial charge in [-0.15, -0.1) is 11.6 Å². The summed E-state index contributed by atoms with van der Waals surface area (Å²) < 4.78 is 4.65. The molecule has 0 spiro atoms. The molecular weight excluding hydrogens is 158 g/mol. The minimum Gasteiger partial charge on any atom is -0.476 e. The molecule has 1 heterocycles. The molecule has 1 rings (SSSR count). The van der Waals surface area contributed by atoms with E-state index < -0.39 is 5.97 Å². The van der Waals surface area contributed by atoms with Crippen LogP contribution in [0.3, 0.4) is 0 Å². The minimum atomic E-state index is -1.11. The summed E-state index contributed by atoms with van der Waals surface area (Å²) >= 11 is 5.30. The Labute approximate surface area is 61.4 Å². The topological polar surface area (TPSA) is 63.3 Å². The van der Waals surface area contributed by atoms with Crippen LogP contribution in [0.15, 0.2) is 10.7 Å². The van der Waals surface area contributed by atoms with Crippen molar-refractivity contribution in [2.24, 2.45) is 0 Å². The van der Waals surface area contributed by atoms with Gasteiger partial charge in [-0.2, -0.15) is 0 Å². The second kappa shape index (κ2) is 2.70. The quantitative estimate of drug-likeness (QED) is 0.660. The van der Waals surface area contributed by atoms with Crippen molar-refractivity contribution in [3.8, 4) is 0 Å². The molecule has 0 aliphatic heterocycles. The zero-order valence-electron chi connectivity index (χ0n) is 4.87. The molecule has 5 heteroatoms. The maximum Gasteiger partial charge on any atom is 0.357 e. The predicted molar refractivity (Wildman–Crippen MR) is 33.0 cm³/mol. The predicted octanol–water partition coefficient (Wildman–Crippen LogP) is 1.11. The Morgan fingerprint density at radius 3 is 2.90 bits per heavy atom. The third kappa shape index (κ3) is 1.27. The number of hydrogen-bond donors (Lipinski definition) is 1. The van der Waals surface area contributed by atoms with Gasteiger partial charge in [0.1, 0.15) is 6.26 Å². The smallest absolute Gasteiger partial charge is 0.357 e. The normalized spacial score (nSPS) is 9.70. The van der Waals surface area contributed by atoms with Crippen molar-refractivity contribution in [1.29, 1.82) is 0 Å². The molecule has 1 N–H and O–H groups in total. The first-order valence-electron chi connectivity index (χ1n) is 2.47. The molecule has 10 heavy (non-hydrogen) atoms. The van der Waals surface area contributed by atoms with Crippen LogP contribution >= 0.6 is 11.6 Å². The highest BCUT2D eigenvalue weighted by Crippen LogP contribution is 2.03. The zero-order chi connectivity index (χ0) is 7.56. The van der Waals surface area contributed by atoms with Crippen LogP contribution < -0.4 is 0 Å². The third-order valence-corrected chi connectivity index (χ3v) is 1.11. The Hall–Kier alpha value is -1.03. The van der Waals surface area contributed by atoms with E-state index in [2.05, 4.69) is 9.40 Å². The van der Waals surface area contributed by atoms with Gasteiger partial charge in [0.15, 0.2) is 5.69 Å². The van der Waals surface area contributed by atoms with Crippen molar-refractivity contribution >= 4 is 17.6 Å². The molecule has 0 bridgehead atoms. The Kier molecular flexibility index (Phi) is 1.91. The first kappa shape index (κ1) is 7.08. The number of nitrogens with zero attached hydrogens (tertiary/aromatic N) is 1. The third-order valence-electron chi connectivity index (χ3n) is 0.885. The van der Waals surface area contributed by atoms with Crippen molar-refractivity contribution in [3.63, 3.8) is 0 Å². The van der Waals surface area contributed by atoms with Crippen molar-refractivity contribution in [3.05, 3.63) is 17.8 Å². The maximum absolute atomic E-state index is 10.2. The van der Waals surface area contributed by atoms with Crippen LogP contribution in [0.25, 0.3) is 0 Å². The van der Waals surface area contributed by atoms with Gasteiger partial charge in [0.25, 0.3) is 0 Å². The number of aromatic nitrogens is 1. The van der Waals surface area contributed by atoms with Crippen LogP contribution in [-0.2, 0) is 5.88 Å². The molecule has 0 amide bonds. The van der Waals surface area contributed by atoms with Crippen LogP contribution in [0.1, 0.15) is 16.4 Å². The average molecular weight is 162 g/mol. The number of oxazole rings is 1. The average Bonchev–Trinajstić information content (AvgIpc) is 2.34. The van der Waals surface area contributed by atoms with Crippen LogP contribution in [0.5, 0.6) is 0 Å². The summed E-state index contributed by atoms with van der Waals surface area (Å²) in [5.41, 5.74) is -0.115. The molecule has 0 saturated carbocycles. The van der Waals surface area contributed by atoms with E-state index in [4.69, 9.17) is 16.7 Å². The van der Waals surface area contributed by atoms with Crippen LogP contribution in [0.2, 0.25) is 0 Å². The van der Waals surface area contributed by atoms with E-state index in [9.17, 15) is 4.79 Å². The molecule has 0 aliphatic rings. The fraction of sp³-hybridized carbons (Fsp3) is 0.200. The van der Waals surface area contributed by atoms with Gasteiger partial charge in [-0.1, -0.05) is 0 Å². The van der Waals surface area contributed by atoms with Crippen molar-refractivity contribution in [2.75, 3.05) is 0 Å². The number of carbonyl (C=O) groups is 1. The molecule has 0 unspecified atom stereocenters. The van der Waals surface area contributed by atoms with Crippen molar-refractivity contribution < 1.29 is 14.3 Å². The number of rotatable bonds is 2. The van der Waals surface area contributed by atoms with E-state index in [0.29, 0.717) is 0 Å². The van der Waals surface area contributed by atoms with Gasteiger partial charge in [-0.25, -0.2) is 9.78 Å². The van der Waals surface area contributed by atoms with E-state index >= 15 is 0 Å². The van der Waals surface area contributed by atoms with Gasteiger partial charge in [0.05, 0.1) is 5.88 Å². The van der Waals surface area contributed by atoms with Crippen LogP contribution in [-0.4, -0.2) is 16.1 Å². The van der Waals surface area contributed by atoms with Gasteiger partial charge in [-0.3, -0.25) is 0 Å². The monoisotopic (exact) mass is 161 g/mol. The highest BCUT2D eigenvalue weighted by molar-refractivity contribution is 6.16. The number of carboxylic acid groups (broad SMARTS) is 1.